The van der Waals surface area contributed by atoms with Crippen molar-refractivity contribution in [2.24, 2.45) is 11.8 Å². The quantitative estimate of drug-likeness (QED) is 0.744. The Labute approximate surface area is 85.4 Å². The van der Waals surface area contributed by atoms with Crippen LogP contribution in [-0.4, -0.2) is 37.1 Å². The number of hydrogen-bond acceptors (Lipinski definition) is 3. The van der Waals surface area contributed by atoms with Gasteiger partial charge in [-0.25, -0.2) is 0 Å². The van der Waals surface area contributed by atoms with E-state index >= 15 is 0 Å². The first kappa shape index (κ1) is 10.4. The van der Waals surface area contributed by atoms with E-state index < -0.39 is 0 Å². The predicted molar refractivity (Wildman–Crippen MR) is 53.1 cm³/mol. The molecule has 0 aliphatic carbocycles. The molecule has 0 aromatic rings. The summed E-state index contributed by atoms with van der Waals surface area (Å²) in [6, 6.07) is 0. The van der Waals surface area contributed by atoms with Crippen molar-refractivity contribution >= 4 is 0 Å². The molecule has 14 heavy (non-hydrogen) atoms. The van der Waals surface area contributed by atoms with Gasteiger partial charge in [0.2, 0.25) is 0 Å². The Balaban J connectivity index is 1.78. The summed E-state index contributed by atoms with van der Waals surface area (Å²) < 4.78 is 10.8. The lowest BCUT2D eigenvalue weighted by Gasteiger charge is -2.23. The van der Waals surface area contributed by atoms with Crippen LogP contribution in [0.2, 0.25) is 0 Å². The van der Waals surface area contributed by atoms with E-state index in [0.717, 1.165) is 39.1 Å². The van der Waals surface area contributed by atoms with Gasteiger partial charge in [0.05, 0.1) is 12.2 Å². The number of hydrogen-bond donors (Lipinski definition) is 1. The van der Waals surface area contributed by atoms with Gasteiger partial charge >= 0.3 is 0 Å². The highest BCUT2D eigenvalue weighted by atomic mass is 16.5. The summed E-state index contributed by atoms with van der Waals surface area (Å²) in [6.07, 6.45) is 2.80. The summed E-state index contributed by atoms with van der Waals surface area (Å²) in [5.74, 6) is 1.05. The monoisotopic (exact) mass is 200 g/mol. The van der Waals surface area contributed by atoms with Gasteiger partial charge in [0.15, 0.2) is 0 Å². The molecular formula is C11H20O3. The van der Waals surface area contributed by atoms with Crippen LogP contribution in [0.5, 0.6) is 0 Å². The summed E-state index contributed by atoms with van der Waals surface area (Å²) in [4.78, 5) is 0. The topological polar surface area (TPSA) is 38.7 Å². The second kappa shape index (κ2) is 4.60. The highest BCUT2D eigenvalue weighted by molar-refractivity contribution is 4.82. The molecule has 0 saturated carbocycles. The van der Waals surface area contributed by atoms with Crippen molar-refractivity contribution in [3.63, 3.8) is 0 Å². The van der Waals surface area contributed by atoms with Gasteiger partial charge in [-0.3, -0.25) is 0 Å². The molecular weight excluding hydrogens is 180 g/mol. The van der Waals surface area contributed by atoms with E-state index in [1.54, 1.807) is 0 Å². The van der Waals surface area contributed by atoms with Crippen molar-refractivity contribution in [2.75, 3.05) is 19.8 Å². The van der Waals surface area contributed by atoms with Gasteiger partial charge in [-0.05, 0) is 31.1 Å². The fraction of sp³-hybridized carbons (Fsp3) is 1.00. The zero-order valence-corrected chi connectivity index (χ0v) is 8.82. The lowest BCUT2D eigenvalue weighted by molar-refractivity contribution is -0.0276. The molecule has 2 fully saturated rings. The fourth-order valence-corrected chi connectivity index (χ4v) is 2.45. The molecule has 1 N–H and O–H groups in total. The van der Waals surface area contributed by atoms with Crippen LogP contribution >= 0.6 is 0 Å². The van der Waals surface area contributed by atoms with Crippen LogP contribution in [0, 0.1) is 11.8 Å². The molecule has 0 radical (unpaired) electrons. The normalized spacial score (nSPS) is 40.3. The second-order valence-electron chi connectivity index (χ2n) is 4.63. The van der Waals surface area contributed by atoms with Crippen molar-refractivity contribution in [3.05, 3.63) is 0 Å². The molecule has 4 unspecified atom stereocenters. The lowest BCUT2D eigenvalue weighted by atomic mass is 9.92. The molecule has 3 nitrogen and oxygen atoms in total. The van der Waals surface area contributed by atoms with Crippen LogP contribution in [0.4, 0.5) is 0 Å². The standard InChI is InChI=1S/C11H20O3/c1-8-2-5-14-11(8)10(12)6-9-3-4-13-7-9/h8-12H,2-7H2,1H3. The van der Waals surface area contributed by atoms with Crippen LogP contribution in [-0.2, 0) is 9.47 Å². The number of ether oxygens (including phenoxy) is 2. The Hall–Kier alpha value is -0.120. The van der Waals surface area contributed by atoms with Crippen LogP contribution < -0.4 is 0 Å². The highest BCUT2D eigenvalue weighted by Crippen LogP contribution is 2.27. The van der Waals surface area contributed by atoms with Crippen molar-refractivity contribution < 1.29 is 14.6 Å². The smallest absolute Gasteiger partial charge is 0.0860 e. The van der Waals surface area contributed by atoms with Gasteiger partial charge in [0.25, 0.3) is 0 Å². The van der Waals surface area contributed by atoms with E-state index in [9.17, 15) is 5.11 Å². The minimum absolute atomic E-state index is 0.0654. The van der Waals surface area contributed by atoms with Crippen LogP contribution in [0.1, 0.15) is 26.2 Å². The average Bonchev–Trinajstić information content (AvgIpc) is 2.75. The molecule has 2 heterocycles. The first-order valence-electron chi connectivity index (χ1n) is 5.65. The Morgan fingerprint density at radius 3 is 2.79 bits per heavy atom. The van der Waals surface area contributed by atoms with Crippen LogP contribution in [0.3, 0.4) is 0 Å². The minimum atomic E-state index is -0.292. The third kappa shape index (κ3) is 2.27. The summed E-state index contributed by atoms with van der Waals surface area (Å²) in [7, 11) is 0. The largest absolute Gasteiger partial charge is 0.390 e. The van der Waals surface area contributed by atoms with E-state index in [1.807, 2.05) is 0 Å². The van der Waals surface area contributed by atoms with E-state index in [1.165, 1.54) is 0 Å². The van der Waals surface area contributed by atoms with Gasteiger partial charge in [-0.2, -0.15) is 0 Å². The molecule has 2 saturated heterocycles. The maximum Gasteiger partial charge on any atom is 0.0860 e. The minimum Gasteiger partial charge on any atom is -0.390 e. The fourth-order valence-electron chi connectivity index (χ4n) is 2.45. The second-order valence-corrected chi connectivity index (χ2v) is 4.63. The molecule has 2 aliphatic heterocycles. The number of aliphatic hydroxyl groups is 1. The van der Waals surface area contributed by atoms with E-state index in [4.69, 9.17) is 9.47 Å². The molecule has 0 aromatic carbocycles. The Morgan fingerprint density at radius 1 is 1.36 bits per heavy atom. The lowest BCUT2D eigenvalue weighted by Crippen LogP contribution is -2.32. The van der Waals surface area contributed by atoms with E-state index in [2.05, 4.69) is 6.92 Å². The van der Waals surface area contributed by atoms with Crippen molar-refractivity contribution in [2.45, 2.75) is 38.4 Å². The van der Waals surface area contributed by atoms with Gasteiger partial charge in [0.1, 0.15) is 0 Å². The molecule has 0 amide bonds. The molecule has 0 bridgehead atoms. The zero-order chi connectivity index (χ0) is 9.97. The molecule has 2 rings (SSSR count). The third-order valence-corrected chi connectivity index (χ3v) is 3.42. The highest BCUT2D eigenvalue weighted by Gasteiger charge is 2.32. The molecule has 2 aliphatic rings. The van der Waals surface area contributed by atoms with Gasteiger partial charge in [0, 0.05) is 19.8 Å². The molecule has 0 aromatic heterocycles. The maximum absolute atomic E-state index is 10.00. The van der Waals surface area contributed by atoms with Crippen LogP contribution in [0.25, 0.3) is 0 Å². The predicted octanol–water partition coefficient (Wildman–Crippen LogP) is 1.20. The van der Waals surface area contributed by atoms with Crippen molar-refractivity contribution in [1.82, 2.24) is 0 Å². The van der Waals surface area contributed by atoms with E-state index in [0.29, 0.717) is 11.8 Å². The first-order chi connectivity index (χ1) is 6.77. The number of aliphatic hydroxyl groups excluding tert-OH is 1. The van der Waals surface area contributed by atoms with Crippen LogP contribution in [0.15, 0.2) is 0 Å². The first-order valence-corrected chi connectivity index (χ1v) is 5.65. The summed E-state index contributed by atoms with van der Waals surface area (Å²) in [6.45, 7) is 4.65. The summed E-state index contributed by atoms with van der Waals surface area (Å²) in [5.41, 5.74) is 0. The summed E-state index contributed by atoms with van der Waals surface area (Å²) >= 11 is 0. The Kier molecular flexibility index (Phi) is 3.42. The van der Waals surface area contributed by atoms with Gasteiger partial charge in [-0.15, -0.1) is 0 Å². The maximum atomic E-state index is 10.00. The SMILES string of the molecule is CC1CCOC1C(O)CC1CCOC1. The molecule has 82 valence electrons. The number of rotatable bonds is 3. The van der Waals surface area contributed by atoms with E-state index in [-0.39, 0.29) is 12.2 Å². The summed E-state index contributed by atoms with van der Waals surface area (Å²) in [5, 5.41) is 10.00. The average molecular weight is 200 g/mol. The molecule has 3 heteroatoms. The third-order valence-electron chi connectivity index (χ3n) is 3.42. The molecule has 0 spiro atoms. The zero-order valence-electron chi connectivity index (χ0n) is 8.82. The molecule has 4 atom stereocenters. The van der Waals surface area contributed by atoms with Gasteiger partial charge in [-0.1, -0.05) is 6.92 Å². The Morgan fingerprint density at radius 2 is 2.21 bits per heavy atom. The Bertz CT molecular complexity index is 177. The van der Waals surface area contributed by atoms with Crippen molar-refractivity contribution in [3.8, 4) is 0 Å². The van der Waals surface area contributed by atoms with Gasteiger partial charge < -0.3 is 14.6 Å². The van der Waals surface area contributed by atoms with Crippen molar-refractivity contribution in [1.29, 1.82) is 0 Å².